The van der Waals surface area contributed by atoms with Crippen LogP contribution < -0.4 is 5.32 Å². The maximum absolute atomic E-state index is 11.7. The molecule has 0 saturated carbocycles. The number of rotatable bonds is 9. The molecule has 1 aliphatic rings. The van der Waals surface area contributed by atoms with Crippen LogP contribution in [0.15, 0.2) is 0 Å². The van der Waals surface area contributed by atoms with Gasteiger partial charge in [0.2, 0.25) is 5.91 Å². The van der Waals surface area contributed by atoms with Crippen molar-refractivity contribution >= 4 is 12.1 Å². The van der Waals surface area contributed by atoms with E-state index in [1.54, 1.807) is 6.92 Å². The summed E-state index contributed by atoms with van der Waals surface area (Å²) in [5.41, 5.74) is -0.970. The zero-order valence-electron chi connectivity index (χ0n) is 14.4. The van der Waals surface area contributed by atoms with Crippen molar-refractivity contribution in [3.05, 3.63) is 0 Å². The molecular weight excluding hydrogens is 278 g/mol. The molecule has 0 aromatic heterocycles. The van der Waals surface area contributed by atoms with Gasteiger partial charge in [-0.15, -0.1) is 0 Å². The minimum atomic E-state index is -0.970. The maximum atomic E-state index is 11.7. The molecular formula is C17H33N3O2. The highest BCUT2D eigenvalue weighted by atomic mass is 16.3. The molecule has 0 aromatic carbocycles. The van der Waals surface area contributed by atoms with E-state index in [1.165, 1.54) is 0 Å². The lowest BCUT2D eigenvalue weighted by molar-refractivity contribution is -0.121. The lowest BCUT2D eigenvalue weighted by atomic mass is 9.82. The molecule has 1 amide bonds. The van der Waals surface area contributed by atoms with Gasteiger partial charge in [-0.3, -0.25) is 4.79 Å². The fourth-order valence-corrected chi connectivity index (χ4v) is 2.91. The number of carbonyl (C=O) groups is 1. The monoisotopic (exact) mass is 311 g/mol. The van der Waals surface area contributed by atoms with Crippen molar-refractivity contribution in [2.75, 3.05) is 26.2 Å². The van der Waals surface area contributed by atoms with E-state index in [0.717, 1.165) is 58.1 Å². The smallest absolute Gasteiger partial charge is 0.220 e. The Hall–Kier alpha value is -0.940. The number of nitrogens with zero attached hydrogens (tertiary/aromatic N) is 1. The van der Waals surface area contributed by atoms with Gasteiger partial charge in [0.25, 0.3) is 0 Å². The highest BCUT2D eigenvalue weighted by Crippen LogP contribution is 2.27. The standard InChI is InChI=1S/C17H33N3O2/c1-14(2)6-9-19-16(21)5-4-10-20-11-7-15(8-12-20)17(3,22)13-18/h13-15,18,22H,4-12H2,1-3H3,(H,19,21). The molecule has 1 aliphatic heterocycles. The number of likely N-dealkylation sites (tertiary alicyclic amines) is 1. The lowest BCUT2D eigenvalue weighted by Crippen LogP contribution is -2.44. The summed E-state index contributed by atoms with van der Waals surface area (Å²) in [6, 6.07) is 0. The summed E-state index contributed by atoms with van der Waals surface area (Å²) in [4.78, 5) is 14.1. The average molecular weight is 311 g/mol. The first-order valence-electron chi connectivity index (χ1n) is 8.58. The Morgan fingerprint density at radius 3 is 2.64 bits per heavy atom. The molecule has 0 bridgehead atoms. The molecule has 5 nitrogen and oxygen atoms in total. The normalized spacial score (nSPS) is 19.9. The van der Waals surface area contributed by atoms with Crippen LogP contribution in [-0.4, -0.2) is 53.9 Å². The van der Waals surface area contributed by atoms with E-state index in [9.17, 15) is 9.90 Å². The van der Waals surface area contributed by atoms with Crippen molar-refractivity contribution < 1.29 is 9.90 Å². The predicted molar refractivity (Wildman–Crippen MR) is 90.3 cm³/mol. The van der Waals surface area contributed by atoms with E-state index in [4.69, 9.17) is 5.41 Å². The maximum Gasteiger partial charge on any atom is 0.220 e. The Kier molecular flexibility index (Phi) is 8.04. The van der Waals surface area contributed by atoms with Crippen LogP contribution in [0.5, 0.6) is 0 Å². The summed E-state index contributed by atoms with van der Waals surface area (Å²) in [5, 5.41) is 20.4. The molecule has 1 atom stereocenters. The third-order valence-corrected chi connectivity index (χ3v) is 4.63. The lowest BCUT2D eigenvalue weighted by Gasteiger charge is -2.37. The van der Waals surface area contributed by atoms with Crippen LogP contribution in [0.4, 0.5) is 0 Å². The van der Waals surface area contributed by atoms with Gasteiger partial charge in [0.1, 0.15) is 0 Å². The Morgan fingerprint density at radius 2 is 2.09 bits per heavy atom. The Bertz CT molecular complexity index is 348. The van der Waals surface area contributed by atoms with E-state index in [1.807, 2.05) is 0 Å². The van der Waals surface area contributed by atoms with Gasteiger partial charge in [-0.1, -0.05) is 13.8 Å². The van der Waals surface area contributed by atoms with Crippen LogP contribution in [0.25, 0.3) is 0 Å². The van der Waals surface area contributed by atoms with Crippen LogP contribution >= 0.6 is 0 Å². The second-order valence-corrected chi connectivity index (χ2v) is 7.12. The van der Waals surface area contributed by atoms with Gasteiger partial charge in [0.15, 0.2) is 0 Å². The van der Waals surface area contributed by atoms with Crippen LogP contribution in [0, 0.1) is 17.2 Å². The number of carbonyl (C=O) groups excluding carboxylic acids is 1. The summed E-state index contributed by atoms with van der Waals surface area (Å²) in [6.07, 6.45) is 5.52. The number of aliphatic hydroxyl groups is 1. The van der Waals surface area contributed by atoms with Gasteiger partial charge < -0.3 is 20.7 Å². The molecule has 1 unspecified atom stereocenters. The molecule has 0 radical (unpaired) electrons. The van der Waals surface area contributed by atoms with Crippen LogP contribution in [0.1, 0.15) is 52.9 Å². The van der Waals surface area contributed by atoms with E-state index < -0.39 is 5.60 Å². The summed E-state index contributed by atoms with van der Waals surface area (Å²) in [6.45, 7) is 9.66. The van der Waals surface area contributed by atoms with Crippen molar-refractivity contribution in [1.29, 1.82) is 5.41 Å². The largest absolute Gasteiger partial charge is 0.384 e. The van der Waals surface area contributed by atoms with Crippen LogP contribution in [0.3, 0.4) is 0 Å². The number of amides is 1. The zero-order chi connectivity index (χ0) is 16.6. The SMILES string of the molecule is CC(C)CCNC(=O)CCCN1CCC(C(C)(O)C=N)CC1. The second kappa shape index (κ2) is 9.26. The molecule has 0 spiro atoms. The zero-order valence-corrected chi connectivity index (χ0v) is 14.4. The highest BCUT2D eigenvalue weighted by molar-refractivity contribution is 5.75. The Morgan fingerprint density at radius 1 is 1.45 bits per heavy atom. The number of hydrogen-bond acceptors (Lipinski definition) is 4. The van der Waals surface area contributed by atoms with E-state index in [0.29, 0.717) is 12.3 Å². The summed E-state index contributed by atoms with van der Waals surface area (Å²) >= 11 is 0. The minimum absolute atomic E-state index is 0.155. The fraction of sp³-hybridized carbons (Fsp3) is 0.882. The van der Waals surface area contributed by atoms with E-state index in [-0.39, 0.29) is 11.8 Å². The Balaban J connectivity index is 2.12. The molecule has 128 valence electrons. The third kappa shape index (κ3) is 6.88. The molecule has 22 heavy (non-hydrogen) atoms. The third-order valence-electron chi connectivity index (χ3n) is 4.63. The van der Waals surface area contributed by atoms with Crippen molar-refractivity contribution in [3.63, 3.8) is 0 Å². The van der Waals surface area contributed by atoms with Crippen LogP contribution in [0.2, 0.25) is 0 Å². The van der Waals surface area contributed by atoms with Crippen LogP contribution in [-0.2, 0) is 4.79 Å². The molecule has 0 aliphatic carbocycles. The second-order valence-electron chi connectivity index (χ2n) is 7.12. The average Bonchev–Trinajstić information content (AvgIpc) is 2.47. The number of nitrogens with one attached hydrogen (secondary N) is 2. The quantitative estimate of drug-likeness (QED) is 0.570. The van der Waals surface area contributed by atoms with Gasteiger partial charge in [0, 0.05) is 19.2 Å². The van der Waals surface area contributed by atoms with Crippen molar-refractivity contribution in [2.45, 2.75) is 58.5 Å². The molecule has 3 N–H and O–H groups in total. The van der Waals surface area contributed by atoms with Gasteiger partial charge in [-0.25, -0.2) is 0 Å². The Labute approximate surface area is 135 Å². The topological polar surface area (TPSA) is 76.4 Å². The highest BCUT2D eigenvalue weighted by Gasteiger charge is 2.32. The van der Waals surface area contributed by atoms with Crippen molar-refractivity contribution in [3.8, 4) is 0 Å². The van der Waals surface area contributed by atoms with E-state index >= 15 is 0 Å². The predicted octanol–water partition coefficient (Wildman–Crippen LogP) is 2.04. The van der Waals surface area contributed by atoms with Gasteiger partial charge in [-0.2, -0.15) is 0 Å². The molecule has 0 aromatic rings. The molecule has 1 heterocycles. The number of hydrogen-bond donors (Lipinski definition) is 3. The number of piperidine rings is 1. The molecule has 1 rings (SSSR count). The van der Waals surface area contributed by atoms with Crippen molar-refractivity contribution in [1.82, 2.24) is 10.2 Å². The molecule has 5 heteroatoms. The van der Waals surface area contributed by atoms with E-state index in [2.05, 4.69) is 24.1 Å². The molecule has 1 fully saturated rings. The first-order chi connectivity index (χ1) is 10.3. The van der Waals surface area contributed by atoms with Gasteiger partial charge in [-0.05, 0) is 64.1 Å². The summed E-state index contributed by atoms with van der Waals surface area (Å²) in [7, 11) is 0. The fourth-order valence-electron chi connectivity index (χ4n) is 2.91. The van der Waals surface area contributed by atoms with Gasteiger partial charge >= 0.3 is 0 Å². The minimum Gasteiger partial charge on any atom is -0.384 e. The first kappa shape index (κ1) is 19.1. The summed E-state index contributed by atoms with van der Waals surface area (Å²) < 4.78 is 0. The first-order valence-corrected chi connectivity index (χ1v) is 8.58. The molecule has 1 saturated heterocycles. The van der Waals surface area contributed by atoms with Gasteiger partial charge in [0.05, 0.1) is 5.60 Å². The summed E-state index contributed by atoms with van der Waals surface area (Å²) in [5.74, 6) is 0.961. The van der Waals surface area contributed by atoms with Crippen molar-refractivity contribution in [2.24, 2.45) is 11.8 Å².